The van der Waals surface area contributed by atoms with Gasteiger partial charge in [0.25, 0.3) is 0 Å². The number of halogens is 1. The van der Waals surface area contributed by atoms with E-state index in [0.717, 1.165) is 6.42 Å². The first kappa shape index (κ1) is 23.5. The van der Waals surface area contributed by atoms with Gasteiger partial charge in [-0.15, -0.1) is 0 Å². The number of carbonyl (C=O) groups excluding carboxylic acids is 1. The lowest BCUT2D eigenvalue weighted by molar-refractivity contribution is -0.117. The van der Waals surface area contributed by atoms with Gasteiger partial charge < -0.3 is 9.73 Å². The normalized spacial score (nSPS) is 15.7. The number of hydrogen-bond donors (Lipinski definition) is 1. The van der Waals surface area contributed by atoms with Gasteiger partial charge in [0, 0.05) is 42.8 Å². The second kappa shape index (κ2) is 9.70. The lowest BCUT2D eigenvalue weighted by Gasteiger charge is -2.31. The van der Waals surface area contributed by atoms with Gasteiger partial charge in [-0.25, -0.2) is 13.2 Å². The van der Waals surface area contributed by atoms with Crippen LogP contribution in [0.2, 0.25) is 5.02 Å². The highest BCUT2D eigenvalue weighted by molar-refractivity contribution is 7.89. The van der Waals surface area contributed by atoms with E-state index in [2.05, 4.69) is 5.32 Å². The number of aromatic nitrogens is 1. The highest BCUT2D eigenvalue weighted by atomic mass is 35.5. The van der Waals surface area contributed by atoms with Crippen molar-refractivity contribution in [2.75, 3.05) is 18.4 Å². The molecule has 2 aromatic carbocycles. The molecule has 1 fully saturated rings. The third-order valence-electron chi connectivity index (χ3n) is 5.90. The van der Waals surface area contributed by atoms with Crippen molar-refractivity contribution < 1.29 is 17.6 Å². The number of nitrogens with one attached hydrogen (secondary N) is 1. The summed E-state index contributed by atoms with van der Waals surface area (Å²) in [4.78, 5) is 24.5. The number of benzene rings is 2. The molecule has 0 radical (unpaired) electrons. The Labute approximate surface area is 197 Å². The van der Waals surface area contributed by atoms with Crippen molar-refractivity contribution in [1.82, 2.24) is 8.87 Å². The molecule has 8 nitrogen and oxygen atoms in total. The van der Waals surface area contributed by atoms with E-state index in [1.807, 2.05) is 6.92 Å². The van der Waals surface area contributed by atoms with Gasteiger partial charge in [-0.2, -0.15) is 4.31 Å². The molecule has 0 saturated carbocycles. The van der Waals surface area contributed by atoms with Crippen LogP contribution in [0.3, 0.4) is 0 Å². The van der Waals surface area contributed by atoms with Gasteiger partial charge in [0.1, 0.15) is 0 Å². The van der Waals surface area contributed by atoms with E-state index >= 15 is 0 Å². The average Bonchev–Trinajstić information content (AvgIpc) is 3.10. The smallest absolute Gasteiger partial charge is 0.408 e. The van der Waals surface area contributed by atoms with Gasteiger partial charge in [0.2, 0.25) is 15.9 Å². The van der Waals surface area contributed by atoms with Crippen LogP contribution in [0.15, 0.2) is 56.6 Å². The van der Waals surface area contributed by atoms with Gasteiger partial charge in [-0.3, -0.25) is 9.36 Å². The average molecular weight is 492 g/mol. The fourth-order valence-corrected chi connectivity index (χ4v) is 5.76. The van der Waals surface area contributed by atoms with E-state index < -0.39 is 15.8 Å². The number of carbonyl (C=O) groups is 1. The minimum atomic E-state index is -3.72. The van der Waals surface area contributed by atoms with Crippen LogP contribution < -0.4 is 11.1 Å². The molecule has 3 aromatic rings. The molecule has 1 amide bonds. The fraction of sp³-hybridized carbons (Fsp3) is 0.391. The van der Waals surface area contributed by atoms with Gasteiger partial charge in [-0.05, 0) is 61.6 Å². The second-order valence-electron chi connectivity index (χ2n) is 8.26. The number of aryl methyl sites for hydroxylation is 1. The lowest BCUT2D eigenvalue weighted by atomic mass is 9.94. The molecule has 1 aliphatic heterocycles. The van der Waals surface area contributed by atoms with Crippen molar-refractivity contribution >= 4 is 44.3 Å². The molecule has 0 aliphatic carbocycles. The Morgan fingerprint density at radius 3 is 2.52 bits per heavy atom. The first-order valence-electron chi connectivity index (χ1n) is 11.0. The van der Waals surface area contributed by atoms with Crippen molar-refractivity contribution in [2.45, 2.75) is 44.0 Å². The zero-order chi connectivity index (χ0) is 23.6. The molecular weight excluding hydrogens is 466 g/mol. The van der Waals surface area contributed by atoms with Crippen LogP contribution in [0.4, 0.5) is 5.69 Å². The van der Waals surface area contributed by atoms with E-state index in [1.165, 1.54) is 21.0 Å². The van der Waals surface area contributed by atoms with Gasteiger partial charge in [0.15, 0.2) is 5.58 Å². The van der Waals surface area contributed by atoms with Crippen LogP contribution in [0.1, 0.15) is 32.6 Å². The van der Waals surface area contributed by atoms with Crippen molar-refractivity contribution in [3.05, 3.63) is 58.0 Å². The van der Waals surface area contributed by atoms with E-state index in [1.54, 1.807) is 30.3 Å². The standard InChI is InChI=1S/C23H26ClN3O5S/c1-2-11-27-20-8-7-19(15-21(20)32-23(27)29)33(30,31)26-12-9-16(10-13-26)14-22(28)25-18-5-3-17(24)4-6-18/h3-8,15-16H,2,9-14H2,1H3,(H,25,28). The zero-order valence-corrected chi connectivity index (χ0v) is 19.9. The molecule has 2 heterocycles. The van der Waals surface area contributed by atoms with Crippen LogP contribution in [-0.4, -0.2) is 36.3 Å². The molecular formula is C23H26ClN3O5S. The summed E-state index contributed by atoms with van der Waals surface area (Å²) < 4.78 is 34.5. The predicted molar refractivity (Wildman–Crippen MR) is 127 cm³/mol. The molecule has 4 rings (SSSR count). The Morgan fingerprint density at radius 1 is 1.15 bits per heavy atom. The SMILES string of the molecule is CCCn1c(=O)oc2cc(S(=O)(=O)N3CCC(CC(=O)Nc4ccc(Cl)cc4)CC3)ccc21. The maximum Gasteiger partial charge on any atom is 0.419 e. The van der Waals surface area contributed by atoms with Gasteiger partial charge in [0.05, 0.1) is 10.4 Å². The molecule has 1 N–H and O–H groups in total. The van der Waals surface area contributed by atoms with Gasteiger partial charge in [-0.1, -0.05) is 18.5 Å². The minimum absolute atomic E-state index is 0.101. The van der Waals surface area contributed by atoms with Crippen LogP contribution >= 0.6 is 11.6 Å². The number of anilines is 1. The van der Waals surface area contributed by atoms with E-state index in [-0.39, 0.29) is 22.3 Å². The van der Waals surface area contributed by atoms with Crippen LogP contribution in [0, 0.1) is 5.92 Å². The highest BCUT2D eigenvalue weighted by Gasteiger charge is 2.30. The molecule has 33 heavy (non-hydrogen) atoms. The minimum Gasteiger partial charge on any atom is -0.408 e. The Kier molecular flexibility index (Phi) is 6.92. The summed E-state index contributed by atoms with van der Waals surface area (Å²) in [5.74, 6) is -0.484. The fourth-order valence-electron chi connectivity index (χ4n) is 4.15. The molecule has 0 spiro atoms. The number of piperidine rings is 1. The summed E-state index contributed by atoms with van der Waals surface area (Å²) in [6.45, 7) is 3.13. The third-order valence-corrected chi connectivity index (χ3v) is 8.05. The number of sulfonamides is 1. The number of rotatable bonds is 7. The zero-order valence-electron chi connectivity index (χ0n) is 18.3. The molecule has 0 atom stereocenters. The number of hydrogen-bond acceptors (Lipinski definition) is 5. The van der Waals surface area contributed by atoms with Crippen LogP contribution in [-0.2, 0) is 21.4 Å². The van der Waals surface area contributed by atoms with Crippen LogP contribution in [0.5, 0.6) is 0 Å². The summed E-state index contributed by atoms with van der Waals surface area (Å²) in [6.07, 6.45) is 2.29. The van der Waals surface area contributed by atoms with Crippen molar-refractivity contribution in [3.63, 3.8) is 0 Å². The van der Waals surface area contributed by atoms with Crippen molar-refractivity contribution in [3.8, 4) is 0 Å². The number of amides is 1. The number of fused-ring (bicyclic) bond motifs is 1. The molecule has 0 unspecified atom stereocenters. The summed E-state index contributed by atoms with van der Waals surface area (Å²) >= 11 is 5.86. The summed E-state index contributed by atoms with van der Waals surface area (Å²) in [7, 11) is -3.72. The molecule has 176 valence electrons. The first-order chi connectivity index (χ1) is 15.8. The molecule has 1 aliphatic rings. The molecule has 0 bridgehead atoms. The molecule has 10 heteroatoms. The summed E-state index contributed by atoms with van der Waals surface area (Å²) in [5.41, 5.74) is 1.54. The van der Waals surface area contributed by atoms with E-state index in [9.17, 15) is 18.0 Å². The Morgan fingerprint density at radius 2 is 1.85 bits per heavy atom. The van der Waals surface area contributed by atoms with E-state index in [4.69, 9.17) is 16.0 Å². The second-order valence-corrected chi connectivity index (χ2v) is 10.6. The molecule has 1 aromatic heterocycles. The largest absolute Gasteiger partial charge is 0.419 e. The third kappa shape index (κ3) is 5.15. The van der Waals surface area contributed by atoms with Gasteiger partial charge >= 0.3 is 5.76 Å². The lowest BCUT2D eigenvalue weighted by Crippen LogP contribution is -2.39. The maximum atomic E-state index is 13.2. The maximum absolute atomic E-state index is 13.2. The first-order valence-corrected chi connectivity index (χ1v) is 12.8. The molecule has 1 saturated heterocycles. The van der Waals surface area contributed by atoms with Crippen molar-refractivity contribution in [2.24, 2.45) is 5.92 Å². The highest BCUT2D eigenvalue weighted by Crippen LogP contribution is 2.28. The van der Waals surface area contributed by atoms with Crippen LogP contribution in [0.25, 0.3) is 11.1 Å². The predicted octanol–water partition coefficient (Wildman–Crippen LogP) is 4.09. The van der Waals surface area contributed by atoms with E-state index in [0.29, 0.717) is 55.1 Å². The number of oxazole rings is 1. The Balaban J connectivity index is 1.39. The Bertz CT molecular complexity index is 1310. The quantitative estimate of drug-likeness (QED) is 0.536. The topological polar surface area (TPSA) is 102 Å². The summed E-state index contributed by atoms with van der Waals surface area (Å²) in [5, 5.41) is 3.45. The number of nitrogens with zero attached hydrogens (tertiary/aromatic N) is 2. The monoisotopic (exact) mass is 491 g/mol. The Hall–Kier alpha value is -2.62. The summed E-state index contributed by atoms with van der Waals surface area (Å²) in [6, 6.07) is 11.5. The van der Waals surface area contributed by atoms with Crippen molar-refractivity contribution in [1.29, 1.82) is 0 Å².